The van der Waals surface area contributed by atoms with Gasteiger partial charge < -0.3 is 4.74 Å². The van der Waals surface area contributed by atoms with E-state index in [0.717, 1.165) is 12.2 Å². The maximum atomic E-state index is 12.7. The Morgan fingerprint density at radius 3 is 2.86 bits per heavy atom. The lowest BCUT2D eigenvalue weighted by molar-refractivity contribution is 0.408. The van der Waals surface area contributed by atoms with Gasteiger partial charge in [-0.05, 0) is 24.6 Å². The van der Waals surface area contributed by atoms with Crippen molar-refractivity contribution in [1.82, 2.24) is 4.31 Å². The summed E-state index contributed by atoms with van der Waals surface area (Å²) in [6.07, 6.45) is 0.978. The van der Waals surface area contributed by atoms with Gasteiger partial charge in [-0.2, -0.15) is 16.1 Å². The highest BCUT2D eigenvalue weighted by molar-refractivity contribution is 8.00. The van der Waals surface area contributed by atoms with Gasteiger partial charge in [-0.15, -0.1) is 11.6 Å². The molecule has 21 heavy (non-hydrogen) atoms. The fourth-order valence-corrected chi connectivity index (χ4v) is 5.46. The van der Waals surface area contributed by atoms with Crippen molar-refractivity contribution in [2.75, 3.05) is 26.0 Å². The molecule has 0 amide bonds. The molecule has 1 unspecified atom stereocenters. The predicted octanol–water partition coefficient (Wildman–Crippen LogP) is 2.95. The van der Waals surface area contributed by atoms with E-state index in [9.17, 15) is 8.42 Å². The number of sulfonamides is 1. The van der Waals surface area contributed by atoms with Crippen molar-refractivity contribution in [3.63, 3.8) is 0 Å². The molecular formula is C14H20ClNO3S2. The number of thioether (sulfide) groups is 1. The quantitative estimate of drug-likeness (QED) is 0.767. The summed E-state index contributed by atoms with van der Waals surface area (Å²) in [6, 6.07) is 4.87. The Hall–Kier alpha value is -0.430. The fourth-order valence-electron chi connectivity index (χ4n) is 2.33. The van der Waals surface area contributed by atoms with Crippen LogP contribution in [0.25, 0.3) is 0 Å². The van der Waals surface area contributed by atoms with Crippen LogP contribution in [-0.2, 0) is 15.9 Å². The second-order valence-electron chi connectivity index (χ2n) is 4.87. The fraction of sp³-hybridized carbons (Fsp3) is 0.571. The smallest absolute Gasteiger partial charge is 0.243 e. The van der Waals surface area contributed by atoms with Crippen LogP contribution in [0, 0.1) is 0 Å². The van der Waals surface area contributed by atoms with Crippen molar-refractivity contribution in [2.45, 2.75) is 29.4 Å². The second-order valence-corrected chi connectivity index (χ2v) is 8.48. The van der Waals surface area contributed by atoms with Crippen molar-refractivity contribution < 1.29 is 13.2 Å². The first-order valence-corrected chi connectivity index (χ1v) is 9.90. The monoisotopic (exact) mass is 349 g/mol. The van der Waals surface area contributed by atoms with E-state index in [0.29, 0.717) is 34.5 Å². The van der Waals surface area contributed by atoms with Gasteiger partial charge in [0, 0.05) is 29.7 Å². The first-order valence-electron chi connectivity index (χ1n) is 6.87. The molecule has 1 aromatic carbocycles. The van der Waals surface area contributed by atoms with E-state index in [2.05, 4.69) is 6.92 Å². The summed E-state index contributed by atoms with van der Waals surface area (Å²) >= 11 is 7.72. The standard InChI is InChI=1S/C14H20ClNO3S2/c1-3-12-10-16(6-7-20-12)21(17,18)13-4-5-14(19-2)11(8-13)9-15/h4-5,8,12H,3,6-7,9-10H2,1-2H3. The third-order valence-electron chi connectivity index (χ3n) is 3.59. The largest absolute Gasteiger partial charge is 0.496 e. The van der Waals surface area contributed by atoms with Gasteiger partial charge in [-0.25, -0.2) is 8.42 Å². The molecular weight excluding hydrogens is 330 g/mol. The Balaban J connectivity index is 2.30. The molecule has 0 spiro atoms. The van der Waals surface area contributed by atoms with Crippen LogP contribution in [0.15, 0.2) is 23.1 Å². The molecule has 1 atom stereocenters. The first-order chi connectivity index (χ1) is 10.0. The van der Waals surface area contributed by atoms with Gasteiger partial charge in [0.1, 0.15) is 5.75 Å². The Kier molecular flexibility index (Phi) is 5.82. The molecule has 1 aromatic rings. The van der Waals surface area contributed by atoms with Gasteiger partial charge in [0.25, 0.3) is 0 Å². The Morgan fingerprint density at radius 1 is 1.48 bits per heavy atom. The van der Waals surface area contributed by atoms with Crippen LogP contribution in [0.1, 0.15) is 18.9 Å². The zero-order valence-electron chi connectivity index (χ0n) is 12.2. The minimum Gasteiger partial charge on any atom is -0.496 e. The first kappa shape index (κ1) is 16.9. The zero-order chi connectivity index (χ0) is 15.5. The number of ether oxygens (including phenoxy) is 1. The number of methoxy groups -OCH3 is 1. The summed E-state index contributed by atoms with van der Waals surface area (Å²) in [5.41, 5.74) is 0.693. The van der Waals surface area contributed by atoms with Gasteiger partial charge in [-0.1, -0.05) is 6.92 Å². The van der Waals surface area contributed by atoms with E-state index in [4.69, 9.17) is 16.3 Å². The molecule has 0 N–H and O–H groups in total. The minimum absolute atomic E-state index is 0.222. The molecule has 0 saturated carbocycles. The Labute approximate surface area is 135 Å². The number of alkyl halides is 1. The number of nitrogens with zero attached hydrogens (tertiary/aromatic N) is 1. The van der Waals surface area contributed by atoms with Crippen molar-refractivity contribution in [3.8, 4) is 5.75 Å². The summed E-state index contributed by atoms with van der Waals surface area (Å²) in [6.45, 7) is 3.23. The van der Waals surface area contributed by atoms with Gasteiger partial charge >= 0.3 is 0 Å². The van der Waals surface area contributed by atoms with Gasteiger partial charge in [0.15, 0.2) is 0 Å². The molecule has 7 heteroatoms. The molecule has 1 heterocycles. The predicted molar refractivity (Wildman–Crippen MR) is 87.8 cm³/mol. The van der Waals surface area contributed by atoms with E-state index in [1.807, 2.05) is 11.8 Å². The van der Waals surface area contributed by atoms with Gasteiger partial charge in [0.05, 0.1) is 17.9 Å². The van der Waals surface area contributed by atoms with Gasteiger partial charge in [-0.3, -0.25) is 0 Å². The molecule has 0 radical (unpaired) electrons. The SMILES string of the molecule is CCC1CN(S(=O)(=O)c2ccc(OC)c(CCl)c2)CCS1. The molecule has 0 aliphatic carbocycles. The summed E-state index contributed by atoms with van der Waals surface area (Å²) in [5, 5.41) is 0.374. The summed E-state index contributed by atoms with van der Waals surface area (Å²) < 4.78 is 32.3. The summed E-state index contributed by atoms with van der Waals surface area (Å²) in [5.74, 6) is 1.68. The Morgan fingerprint density at radius 2 is 2.24 bits per heavy atom. The highest BCUT2D eigenvalue weighted by Crippen LogP contribution is 2.29. The summed E-state index contributed by atoms with van der Waals surface area (Å²) in [7, 11) is -1.91. The van der Waals surface area contributed by atoms with E-state index in [1.165, 1.54) is 0 Å². The molecule has 0 bridgehead atoms. The number of benzene rings is 1. The molecule has 4 nitrogen and oxygen atoms in total. The third kappa shape index (κ3) is 3.67. The van der Waals surface area contributed by atoms with Crippen molar-refractivity contribution in [3.05, 3.63) is 23.8 Å². The van der Waals surface area contributed by atoms with Crippen LogP contribution in [0.4, 0.5) is 0 Å². The second kappa shape index (κ2) is 7.22. The number of hydrogen-bond acceptors (Lipinski definition) is 4. The lowest BCUT2D eigenvalue weighted by Gasteiger charge is -2.31. The van der Waals surface area contributed by atoms with E-state index in [-0.39, 0.29) is 5.88 Å². The van der Waals surface area contributed by atoms with Crippen LogP contribution < -0.4 is 4.74 Å². The van der Waals surface area contributed by atoms with E-state index >= 15 is 0 Å². The van der Waals surface area contributed by atoms with Gasteiger partial charge in [0.2, 0.25) is 10.0 Å². The van der Waals surface area contributed by atoms with Crippen LogP contribution in [0.5, 0.6) is 5.75 Å². The highest BCUT2D eigenvalue weighted by atomic mass is 35.5. The number of rotatable bonds is 5. The van der Waals surface area contributed by atoms with Crippen LogP contribution in [-0.4, -0.2) is 43.9 Å². The molecule has 1 aliphatic heterocycles. The number of hydrogen-bond donors (Lipinski definition) is 0. The average molecular weight is 350 g/mol. The van der Waals surface area contributed by atoms with Crippen molar-refractivity contribution in [2.24, 2.45) is 0 Å². The molecule has 1 fully saturated rings. The van der Waals surface area contributed by atoms with E-state index < -0.39 is 10.0 Å². The van der Waals surface area contributed by atoms with E-state index in [1.54, 1.807) is 29.6 Å². The van der Waals surface area contributed by atoms with Crippen LogP contribution >= 0.6 is 23.4 Å². The maximum absolute atomic E-state index is 12.7. The molecule has 1 saturated heterocycles. The summed E-state index contributed by atoms with van der Waals surface area (Å²) in [4.78, 5) is 0.292. The van der Waals surface area contributed by atoms with Crippen molar-refractivity contribution in [1.29, 1.82) is 0 Å². The highest BCUT2D eigenvalue weighted by Gasteiger charge is 2.30. The maximum Gasteiger partial charge on any atom is 0.243 e. The minimum atomic E-state index is -3.46. The molecule has 2 rings (SSSR count). The molecule has 0 aromatic heterocycles. The lowest BCUT2D eigenvalue weighted by atomic mass is 10.2. The average Bonchev–Trinajstić information content (AvgIpc) is 2.54. The zero-order valence-corrected chi connectivity index (χ0v) is 14.6. The Bertz CT molecular complexity index is 592. The topological polar surface area (TPSA) is 46.6 Å². The molecule has 118 valence electrons. The molecule has 1 aliphatic rings. The lowest BCUT2D eigenvalue weighted by Crippen LogP contribution is -2.41. The number of halogens is 1. The van der Waals surface area contributed by atoms with Crippen LogP contribution in [0.2, 0.25) is 0 Å². The van der Waals surface area contributed by atoms with Crippen molar-refractivity contribution >= 4 is 33.4 Å². The normalized spacial score (nSPS) is 20.4. The van der Waals surface area contributed by atoms with Crippen LogP contribution in [0.3, 0.4) is 0 Å². The third-order valence-corrected chi connectivity index (χ3v) is 7.11.